The van der Waals surface area contributed by atoms with Crippen molar-refractivity contribution in [3.05, 3.63) is 54.1 Å². The minimum absolute atomic E-state index is 0.0783. The van der Waals surface area contributed by atoms with Crippen molar-refractivity contribution >= 4 is 44.0 Å². The van der Waals surface area contributed by atoms with E-state index in [9.17, 15) is 5.11 Å². The Morgan fingerprint density at radius 2 is 1.52 bits per heavy atom. The molecule has 0 bridgehead atoms. The Bertz CT molecular complexity index is 644. The van der Waals surface area contributed by atoms with Gasteiger partial charge in [-0.15, -0.1) is 0 Å². The van der Waals surface area contributed by atoms with Crippen molar-refractivity contribution in [3.8, 4) is 5.75 Å². The van der Waals surface area contributed by atoms with Gasteiger partial charge in [0.25, 0.3) is 0 Å². The quantitative estimate of drug-likeness (QED) is 0.452. The summed E-state index contributed by atoms with van der Waals surface area (Å²) in [5.41, 5.74) is 1.04. The van der Waals surface area contributed by atoms with Crippen LogP contribution in [0, 0.1) is 0 Å². The van der Waals surface area contributed by atoms with Crippen LogP contribution in [0.4, 0.5) is 0 Å². The van der Waals surface area contributed by atoms with Crippen molar-refractivity contribution in [1.82, 2.24) is 0 Å². The third-order valence-electron chi connectivity index (χ3n) is 2.73. The molecule has 2 rings (SSSR count). The second kappa shape index (κ2) is 10.5. The minimum atomic E-state index is -0.556. The predicted molar refractivity (Wildman–Crippen MR) is 101 cm³/mol. The molecule has 0 saturated carbocycles. The summed E-state index contributed by atoms with van der Waals surface area (Å²) in [6.45, 7) is 6.24. The number of phenolic OH excluding ortho intramolecular Hbond substituents is 1. The first-order valence-electron chi connectivity index (χ1n) is 7.03. The van der Waals surface area contributed by atoms with Gasteiger partial charge in [0.1, 0.15) is 5.75 Å². The van der Waals surface area contributed by atoms with Gasteiger partial charge in [0.2, 0.25) is 0 Å². The number of aromatic hydroxyl groups is 1. The second-order valence-corrected chi connectivity index (χ2v) is 9.64. The number of phenols is 1. The molecule has 0 aliphatic carbocycles. The Hall–Kier alpha value is -0.366. The molecule has 2 aromatic rings. The van der Waals surface area contributed by atoms with E-state index in [0.717, 1.165) is 10.9 Å². The number of rotatable bonds is 3. The molecule has 0 aliphatic rings. The first-order chi connectivity index (χ1) is 10.9. The molecule has 0 fully saturated rings. The first kappa shape index (κ1) is 20.7. The fourth-order valence-corrected chi connectivity index (χ4v) is 2.86. The molecule has 2 aromatic carbocycles. The van der Waals surface area contributed by atoms with Gasteiger partial charge in [0.15, 0.2) is 0 Å². The van der Waals surface area contributed by atoms with Gasteiger partial charge < -0.3 is 5.11 Å². The average Bonchev–Trinajstić information content (AvgIpc) is 2.49. The molecule has 1 atom stereocenters. The van der Waals surface area contributed by atoms with Gasteiger partial charge in [-0.1, -0.05) is 51.0 Å². The summed E-state index contributed by atoms with van der Waals surface area (Å²) in [7, 11) is 10.2. The molecule has 1 unspecified atom stereocenters. The molecule has 23 heavy (non-hydrogen) atoms. The van der Waals surface area contributed by atoms with Crippen molar-refractivity contribution in [2.45, 2.75) is 26.3 Å². The van der Waals surface area contributed by atoms with E-state index in [0.29, 0.717) is 14.3 Å². The van der Waals surface area contributed by atoms with Gasteiger partial charge in [-0.25, -0.2) is 0 Å². The topological polar surface area (TPSA) is 32.6 Å². The Morgan fingerprint density at radius 1 is 1.00 bits per heavy atom. The van der Waals surface area contributed by atoms with E-state index in [1.54, 1.807) is 6.07 Å². The maximum absolute atomic E-state index is 9.90. The Kier molecular flexibility index (Phi) is 9.43. The van der Waals surface area contributed by atoms with Crippen molar-refractivity contribution < 1.29 is 22.1 Å². The zero-order chi connectivity index (χ0) is 17.3. The van der Waals surface area contributed by atoms with Gasteiger partial charge in [0, 0.05) is 17.1 Å². The van der Waals surface area contributed by atoms with E-state index in [1.165, 1.54) is 5.30 Å². The van der Waals surface area contributed by atoms with Gasteiger partial charge in [-0.3, -0.25) is 4.99 Å². The Labute approximate surface area is 156 Å². The number of para-hydroxylation sites is 1. The van der Waals surface area contributed by atoms with E-state index in [4.69, 9.17) is 18.6 Å². The standard InChI is InChI=1S/C17H20NOP.2ClH.Ti/c1-17(2,3)18-12-13-8-4-6-10-15(13)20-16-11-7-5-9-14(16)19;;;/h4-12,19-20H,1-3H3;2*1H;/q;;;+2/p-2. The molecular formula is C17H20Cl2NOPTi. The molecule has 0 radical (unpaired) electrons. The van der Waals surface area contributed by atoms with Crippen LogP contribution < -0.4 is 10.6 Å². The Balaban J connectivity index is 0.000000816. The summed E-state index contributed by atoms with van der Waals surface area (Å²) in [6, 6.07) is 15.7. The third kappa shape index (κ3) is 8.33. The maximum atomic E-state index is 9.90. The SMILES string of the molecule is CC(C)(C)N=Cc1ccccc1Pc1ccccc1O.[Cl][Ti][Cl]. The van der Waals surface area contributed by atoms with Gasteiger partial charge in [-0.2, -0.15) is 0 Å². The zero-order valence-electron chi connectivity index (χ0n) is 13.3. The van der Waals surface area contributed by atoms with Crippen molar-refractivity contribution in [1.29, 1.82) is 0 Å². The van der Waals surface area contributed by atoms with Gasteiger partial charge >= 0.3 is 35.6 Å². The Morgan fingerprint density at radius 3 is 2.09 bits per heavy atom. The van der Waals surface area contributed by atoms with Crippen LogP contribution in [-0.2, 0) is 17.0 Å². The zero-order valence-corrected chi connectivity index (χ0v) is 17.4. The third-order valence-corrected chi connectivity index (χ3v) is 4.14. The molecule has 1 N–H and O–H groups in total. The summed E-state index contributed by atoms with van der Waals surface area (Å²) in [6.07, 6.45) is 1.93. The van der Waals surface area contributed by atoms with Crippen molar-refractivity contribution in [3.63, 3.8) is 0 Å². The molecular weight excluding hydrogens is 384 g/mol. The van der Waals surface area contributed by atoms with Crippen LogP contribution in [-0.4, -0.2) is 16.9 Å². The van der Waals surface area contributed by atoms with E-state index in [-0.39, 0.29) is 5.54 Å². The normalized spacial score (nSPS) is 11.5. The molecule has 0 aromatic heterocycles. The first-order valence-corrected chi connectivity index (χ1v) is 12.3. The van der Waals surface area contributed by atoms with Gasteiger partial charge in [0.05, 0.1) is 5.54 Å². The number of halogens is 2. The molecule has 122 valence electrons. The fraction of sp³-hybridized carbons (Fsp3) is 0.235. The van der Waals surface area contributed by atoms with Gasteiger partial charge in [-0.05, 0) is 32.1 Å². The summed E-state index contributed by atoms with van der Waals surface area (Å²) in [4.78, 5) is 4.57. The number of hydrogen-bond donors (Lipinski definition) is 1. The summed E-state index contributed by atoms with van der Waals surface area (Å²) in [5, 5.41) is 12.1. The number of aliphatic imine (C=N–C) groups is 1. The fourth-order valence-electron chi connectivity index (χ4n) is 1.71. The molecule has 0 spiro atoms. The van der Waals surface area contributed by atoms with Crippen LogP contribution >= 0.6 is 27.2 Å². The van der Waals surface area contributed by atoms with Crippen LogP contribution in [0.5, 0.6) is 5.75 Å². The summed E-state index contributed by atoms with van der Waals surface area (Å²) >= 11 is -0.556. The van der Waals surface area contributed by atoms with Crippen LogP contribution in [0.1, 0.15) is 26.3 Å². The van der Waals surface area contributed by atoms with Crippen LogP contribution in [0.25, 0.3) is 0 Å². The molecule has 2 nitrogen and oxygen atoms in total. The predicted octanol–water partition coefficient (Wildman–Crippen LogP) is 4.62. The van der Waals surface area contributed by atoms with Crippen LogP contribution in [0.15, 0.2) is 53.5 Å². The number of benzene rings is 2. The second-order valence-electron chi connectivity index (χ2n) is 5.73. The number of nitrogens with zero attached hydrogens (tertiary/aromatic N) is 1. The molecule has 0 amide bonds. The molecule has 0 aliphatic heterocycles. The summed E-state index contributed by atoms with van der Waals surface area (Å²) < 4.78 is 0. The van der Waals surface area contributed by atoms with Crippen LogP contribution in [0.3, 0.4) is 0 Å². The van der Waals surface area contributed by atoms with E-state index < -0.39 is 17.0 Å². The van der Waals surface area contributed by atoms with E-state index >= 15 is 0 Å². The molecule has 0 heterocycles. The monoisotopic (exact) mass is 403 g/mol. The van der Waals surface area contributed by atoms with Crippen LogP contribution in [0.2, 0.25) is 0 Å². The average molecular weight is 404 g/mol. The van der Waals surface area contributed by atoms with Crippen molar-refractivity contribution in [2.24, 2.45) is 4.99 Å². The summed E-state index contributed by atoms with van der Waals surface area (Å²) in [5.74, 6) is 0.355. The van der Waals surface area contributed by atoms with E-state index in [2.05, 4.69) is 37.9 Å². The molecule has 6 heteroatoms. The van der Waals surface area contributed by atoms with Crippen molar-refractivity contribution in [2.75, 3.05) is 0 Å². The molecule has 0 saturated heterocycles. The number of hydrogen-bond acceptors (Lipinski definition) is 2. The van der Waals surface area contributed by atoms with E-state index in [1.807, 2.05) is 36.5 Å².